The third-order valence-electron chi connectivity index (χ3n) is 4.17. The van der Waals surface area contributed by atoms with Gasteiger partial charge in [-0.25, -0.2) is 0 Å². The predicted octanol–water partition coefficient (Wildman–Crippen LogP) is 4.27. The van der Waals surface area contributed by atoms with Crippen LogP contribution in [0.3, 0.4) is 0 Å². The number of hydrogen-bond acceptors (Lipinski definition) is 1. The molecule has 0 aromatic heterocycles. The van der Waals surface area contributed by atoms with Crippen molar-refractivity contribution in [2.45, 2.75) is 19.8 Å². The Kier molecular flexibility index (Phi) is 2.87. The number of nitrogens with one attached hydrogen (secondary N) is 1. The second-order valence-corrected chi connectivity index (χ2v) is 5.82. The quantitative estimate of drug-likeness (QED) is 0.787. The maximum Gasteiger partial charge on any atom is 0.0426 e. The van der Waals surface area contributed by atoms with Gasteiger partial charge in [-0.05, 0) is 55.2 Å². The van der Waals surface area contributed by atoms with E-state index in [1.54, 1.807) is 0 Å². The molecule has 3 unspecified atom stereocenters. The molecule has 0 radical (unpaired) electrons. The number of hydrogen-bond donors (Lipinski definition) is 1. The molecule has 3 atom stereocenters. The lowest BCUT2D eigenvalue weighted by atomic mass is 9.93. The minimum Gasteiger partial charge on any atom is -0.384 e. The molecular formula is C15H18ClN. The van der Waals surface area contributed by atoms with Crippen LogP contribution in [0.2, 0.25) is 5.02 Å². The minimum atomic E-state index is 0.809. The molecule has 1 aromatic carbocycles. The van der Waals surface area contributed by atoms with Gasteiger partial charge in [0.25, 0.3) is 0 Å². The van der Waals surface area contributed by atoms with E-state index < -0.39 is 0 Å². The molecule has 0 aliphatic heterocycles. The first kappa shape index (κ1) is 11.2. The van der Waals surface area contributed by atoms with Crippen molar-refractivity contribution in [3.8, 4) is 0 Å². The average molecular weight is 248 g/mol. The van der Waals surface area contributed by atoms with Gasteiger partial charge in [0.1, 0.15) is 0 Å². The highest BCUT2D eigenvalue weighted by atomic mass is 35.5. The largest absolute Gasteiger partial charge is 0.384 e. The molecule has 1 N–H and O–H groups in total. The van der Waals surface area contributed by atoms with Gasteiger partial charge in [0.05, 0.1) is 0 Å². The van der Waals surface area contributed by atoms with Gasteiger partial charge in [-0.1, -0.05) is 29.8 Å². The van der Waals surface area contributed by atoms with E-state index in [9.17, 15) is 0 Å². The summed E-state index contributed by atoms with van der Waals surface area (Å²) < 4.78 is 0. The third-order valence-corrected chi connectivity index (χ3v) is 4.41. The van der Waals surface area contributed by atoms with Crippen molar-refractivity contribution in [3.63, 3.8) is 0 Å². The highest BCUT2D eigenvalue weighted by Gasteiger charge is 2.35. The van der Waals surface area contributed by atoms with Crippen LogP contribution in [0, 0.1) is 24.7 Å². The zero-order chi connectivity index (χ0) is 11.8. The number of anilines is 1. The molecule has 2 aliphatic rings. The first-order chi connectivity index (χ1) is 8.22. The van der Waals surface area contributed by atoms with Gasteiger partial charge in [0.15, 0.2) is 0 Å². The zero-order valence-electron chi connectivity index (χ0n) is 10.1. The first-order valence-electron chi connectivity index (χ1n) is 6.41. The van der Waals surface area contributed by atoms with E-state index in [2.05, 4.69) is 30.5 Å². The summed E-state index contributed by atoms with van der Waals surface area (Å²) in [5, 5.41) is 4.37. The Morgan fingerprint density at radius 1 is 1.29 bits per heavy atom. The summed E-state index contributed by atoms with van der Waals surface area (Å²) in [6, 6.07) is 6.05. The molecule has 1 saturated carbocycles. The van der Waals surface area contributed by atoms with E-state index in [1.165, 1.54) is 24.1 Å². The van der Waals surface area contributed by atoms with E-state index >= 15 is 0 Å². The SMILES string of the molecule is Cc1ccc(Cl)cc1NCC1CC2C=CC1C2. The molecule has 0 amide bonds. The highest BCUT2D eigenvalue weighted by Crippen LogP contribution is 2.43. The van der Waals surface area contributed by atoms with Crippen LogP contribution in [0.5, 0.6) is 0 Å². The molecule has 0 spiro atoms. The zero-order valence-corrected chi connectivity index (χ0v) is 10.9. The Morgan fingerprint density at radius 2 is 2.18 bits per heavy atom. The number of fused-ring (bicyclic) bond motifs is 2. The molecular weight excluding hydrogens is 230 g/mol. The summed E-state index contributed by atoms with van der Waals surface area (Å²) in [5.74, 6) is 2.47. The van der Waals surface area contributed by atoms with Crippen LogP contribution < -0.4 is 5.32 Å². The summed E-state index contributed by atoms with van der Waals surface area (Å²) in [4.78, 5) is 0. The topological polar surface area (TPSA) is 12.0 Å². The lowest BCUT2D eigenvalue weighted by Gasteiger charge is -2.20. The van der Waals surface area contributed by atoms with Gasteiger partial charge in [-0.3, -0.25) is 0 Å². The molecule has 90 valence electrons. The van der Waals surface area contributed by atoms with Gasteiger partial charge in [0, 0.05) is 17.3 Å². The number of rotatable bonds is 3. The molecule has 1 nitrogen and oxygen atoms in total. The number of halogens is 1. The van der Waals surface area contributed by atoms with Gasteiger partial charge >= 0.3 is 0 Å². The minimum absolute atomic E-state index is 0.809. The highest BCUT2D eigenvalue weighted by molar-refractivity contribution is 6.30. The van der Waals surface area contributed by atoms with Gasteiger partial charge < -0.3 is 5.32 Å². The number of allylic oxidation sites excluding steroid dienone is 2. The number of aryl methyl sites for hydroxylation is 1. The summed E-state index contributed by atoms with van der Waals surface area (Å²) in [6.07, 6.45) is 7.53. The van der Waals surface area contributed by atoms with Crippen LogP contribution in [0.15, 0.2) is 30.4 Å². The fourth-order valence-electron chi connectivity index (χ4n) is 3.16. The van der Waals surface area contributed by atoms with Crippen molar-refractivity contribution in [3.05, 3.63) is 40.9 Å². The Balaban J connectivity index is 1.64. The van der Waals surface area contributed by atoms with Crippen LogP contribution in [0.25, 0.3) is 0 Å². The predicted molar refractivity (Wildman–Crippen MR) is 73.5 cm³/mol. The first-order valence-corrected chi connectivity index (χ1v) is 6.78. The van der Waals surface area contributed by atoms with Gasteiger partial charge in [-0.15, -0.1) is 0 Å². The summed E-state index contributed by atoms with van der Waals surface area (Å²) in [7, 11) is 0. The van der Waals surface area contributed by atoms with E-state index in [4.69, 9.17) is 11.6 Å². The lowest BCUT2D eigenvalue weighted by Crippen LogP contribution is -2.18. The molecule has 3 rings (SSSR count). The maximum absolute atomic E-state index is 6.02. The Bertz CT molecular complexity index is 452. The standard InChI is InChI=1S/C15H18ClN/c1-10-2-5-14(16)8-15(10)17-9-13-7-11-3-4-12(13)6-11/h2-5,8,11-13,17H,6-7,9H2,1H3. The summed E-state index contributed by atoms with van der Waals surface area (Å²) in [6.45, 7) is 3.20. The molecule has 17 heavy (non-hydrogen) atoms. The van der Waals surface area contributed by atoms with E-state index in [0.717, 1.165) is 29.3 Å². The van der Waals surface area contributed by atoms with Crippen molar-refractivity contribution in [2.24, 2.45) is 17.8 Å². The molecule has 1 aromatic rings. The van der Waals surface area contributed by atoms with Crippen LogP contribution in [0.1, 0.15) is 18.4 Å². The molecule has 2 aliphatic carbocycles. The third kappa shape index (κ3) is 2.21. The molecule has 2 bridgehead atoms. The summed E-state index contributed by atoms with van der Waals surface area (Å²) >= 11 is 6.02. The Labute approximate surface area is 108 Å². The van der Waals surface area contributed by atoms with Crippen LogP contribution in [0.4, 0.5) is 5.69 Å². The lowest BCUT2D eigenvalue weighted by molar-refractivity contribution is 0.472. The monoisotopic (exact) mass is 247 g/mol. The van der Waals surface area contributed by atoms with E-state index in [-0.39, 0.29) is 0 Å². The van der Waals surface area contributed by atoms with E-state index in [0.29, 0.717) is 0 Å². The van der Waals surface area contributed by atoms with Crippen LogP contribution in [-0.4, -0.2) is 6.54 Å². The number of benzene rings is 1. The Hall–Kier alpha value is -0.950. The van der Waals surface area contributed by atoms with Crippen LogP contribution in [-0.2, 0) is 0 Å². The Morgan fingerprint density at radius 3 is 2.88 bits per heavy atom. The normalized spacial score (nSPS) is 29.9. The maximum atomic E-state index is 6.02. The summed E-state index contributed by atoms with van der Waals surface area (Å²) in [5.41, 5.74) is 2.46. The van der Waals surface area contributed by atoms with E-state index in [1.807, 2.05) is 12.1 Å². The van der Waals surface area contributed by atoms with Crippen molar-refractivity contribution >= 4 is 17.3 Å². The molecule has 0 saturated heterocycles. The molecule has 0 heterocycles. The second kappa shape index (κ2) is 4.38. The fourth-order valence-corrected chi connectivity index (χ4v) is 3.33. The van der Waals surface area contributed by atoms with Gasteiger partial charge in [-0.2, -0.15) is 0 Å². The second-order valence-electron chi connectivity index (χ2n) is 5.38. The van der Waals surface area contributed by atoms with Crippen molar-refractivity contribution in [1.82, 2.24) is 0 Å². The van der Waals surface area contributed by atoms with Crippen molar-refractivity contribution in [1.29, 1.82) is 0 Å². The average Bonchev–Trinajstić information content (AvgIpc) is 2.92. The van der Waals surface area contributed by atoms with Crippen molar-refractivity contribution in [2.75, 3.05) is 11.9 Å². The van der Waals surface area contributed by atoms with Crippen molar-refractivity contribution < 1.29 is 0 Å². The van der Waals surface area contributed by atoms with Crippen LogP contribution >= 0.6 is 11.6 Å². The molecule has 1 fully saturated rings. The van der Waals surface area contributed by atoms with Gasteiger partial charge in [0.2, 0.25) is 0 Å². The fraction of sp³-hybridized carbons (Fsp3) is 0.467. The smallest absolute Gasteiger partial charge is 0.0426 e. The molecule has 2 heteroatoms.